The van der Waals surface area contributed by atoms with Crippen molar-refractivity contribution >= 4 is 17.8 Å². The van der Waals surface area contributed by atoms with Crippen LogP contribution in [0.4, 0.5) is 0 Å². The molecule has 27 heavy (non-hydrogen) atoms. The van der Waals surface area contributed by atoms with Gasteiger partial charge in [-0.05, 0) is 19.9 Å². The molecule has 8 nitrogen and oxygen atoms in total. The van der Waals surface area contributed by atoms with E-state index < -0.39 is 35.5 Å². The molecule has 1 fully saturated rings. The summed E-state index contributed by atoms with van der Waals surface area (Å²) in [5, 5.41) is 10.6. The number of para-hydroxylation sites is 1. The van der Waals surface area contributed by atoms with Gasteiger partial charge in [-0.3, -0.25) is 9.69 Å². The summed E-state index contributed by atoms with van der Waals surface area (Å²) in [5.74, 6) is -2.98. The first-order valence-corrected chi connectivity index (χ1v) is 8.81. The van der Waals surface area contributed by atoms with Crippen LogP contribution in [0.25, 0.3) is 0 Å². The lowest BCUT2D eigenvalue weighted by molar-refractivity contribution is -0.182. The van der Waals surface area contributed by atoms with Gasteiger partial charge >= 0.3 is 11.9 Å². The van der Waals surface area contributed by atoms with Gasteiger partial charge in [0.2, 0.25) is 11.4 Å². The fraction of sp³-hybridized carbons (Fsp3) is 0.526. The molecule has 0 unspecified atom stereocenters. The Labute approximate surface area is 158 Å². The van der Waals surface area contributed by atoms with E-state index in [-0.39, 0.29) is 19.6 Å². The van der Waals surface area contributed by atoms with E-state index in [1.54, 1.807) is 38.1 Å². The van der Waals surface area contributed by atoms with Crippen LogP contribution >= 0.6 is 0 Å². The van der Waals surface area contributed by atoms with Gasteiger partial charge in [-0.25, -0.2) is 9.59 Å². The molecule has 0 saturated carbocycles. The second-order valence-electron chi connectivity index (χ2n) is 6.11. The number of hydrogen-bond donors (Lipinski definition) is 1. The zero-order chi connectivity index (χ0) is 20.2. The van der Waals surface area contributed by atoms with Gasteiger partial charge in [0.1, 0.15) is 12.0 Å². The highest BCUT2D eigenvalue weighted by molar-refractivity contribution is 6.09. The van der Waals surface area contributed by atoms with Crippen LogP contribution in [0.3, 0.4) is 0 Å². The van der Waals surface area contributed by atoms with E-state index in [1.807, 2.05) is 0 Å². The Kier molecular flexibility index (Phi) is 6.43. The van der Waals surface area contributed by atoms with E-state index in [4.69, 9.17) is 14.2 Å². The first kappa shape index (κ1) is 20.7. The molecule has 1 N–H and O–H groups in total. The number of carbonyl (C=O) groups excluding carboxylic acids is 3. The Hall–Kier alpha value is -2.61. The first-order chi connectivity index (χ1) is 12.9. The molecule has 2 atom stereocenters. The zero-order valence-corrected chi connectivity index (χ0v) is 15.9. The van der Waals surface area contributed by atoms with Gasteiger partial charge in [-0.15, -0.1) is 0 Å². The second kappa shape index (κ2) is 8.39. The molecule has 1 heterocycles. The summed E-state index contributed by atoms with van der Waals surface area (Å²) in [4.78, 5) is 39.3. The smallest absolute Gasteiger partial charge is 0.344 e. The van der Waals surface area contributed by atoms with E-state index in [1.165, 1.54) is 14.0 Å². The number of nitrogens with zero attached hydrogens (tertiary/aromatic N) is 1. The van der Waals surface area contributed by atoms with Crippen molar-refractivity contribution in [2.75, 3.05) is 20.3 Å². The Morgan fingerprint density at radius 2 is 1.70 bits per heavy atom. The monoisotopic (exact) mass is 379 g/mol. The maximum Gasteiger partial charge on any atom is 0.344 e. The lowest BCUT2D eigenvalue weighted by atomic mass is 9.79. The van der Waals surface area contributed by atoms with Crippen LogP contribution in [0.15, 0.2) is 24.3 Å². The number of methoxy groups -OCH3 is 1. The van der Waals surface area contributed by atoms with Gasteiger partial charge in [-0.1, -0.05) is 18.2 Å². The van der Waals surface area contributed by atoms with Crippen LogP contribution in [-0.4, -0.2) is 59.9 Å². The Balaban J connectivity index is 2.77. The van der Waals surface area contributed by atoms with Gasteiger partial charge in [-0.2, -0.15) is 0 Å². The lowest BCUT2D eigenvalue weighted by Gasteiger charge is -2.38. The Morgan fingerprint density at radius 1 is 1.15 bits per heavy atom. The van der Waals surface area contributed by atoms with Crippen LogP contribution < -0.4 is 4.74 Å². The highest BCUT2D eigenvalue weighted by Crippen LogP contribution is 2.49. The summed E-state index contributed by atoms with van der Waals surface area (Å²) in [6, 6.07) is 6.83. The first-order valence-electron chi connectivity index (χ1n) is 8.81. The molecule has 0 aliphatic carbocycles. The predicted octanol–water partition coefficient (Wildman–Crippen LogP) is 1.21. The predicted molar refractivity (Wildman–Crippen MR) is 94.9 cm³/mol. The maximum atomic E-state index is 13.1. The third kappa shape index (κ3) is 3.37. The van der Waals surface area contributed by atoms with Gasteiger partial charge in [0.05, 0.1) is 20.3 Å². The average molecular weight is 379 g/mol. The minimum Gasteiger partial charge on any atom is -0.496 e. The number of amides is 1. The van der Waals surface area contributed by atoms with Gasteiger partial charge < -0.3 is 19.3 Å². The summed E-state index contributed by atoms with van der Waals surface area (Å²) in [6.45, 7) is 4.37. The number of rotatable bonds is 6. The standard InChI is InChI=1S/C19H25NO7/c1-5-26-17(23)19(18(24)27-6-2)14(11-16(22)20(19)12(3)21)13-9-7-8-10-15(13)25-4/h7-10,14,16,22H,5-6,11H2,1-4H3/t14-,16+/m0/s1. The summed E-state index contributed by atoms with van der Waals surface area (Å²) < 4.78 is 15.7. The molecule has 148 valence electrons. The molecule has 0 spiro atoms. The van der Waals surface area contributed by atoms with Crippen LogP contribution in [0.5, 0.6) is 5.75 Å². The van der Waals surface area contributed by atoms with Crippen molar-refractivity contribution in [3.05, 3.63) is 29.8 Å². The van der Waals surface area contributed by atoms with Crippen LogP contribution in [0, 0.1) is 0 Å². The van der Waals surface area contributed by atoms with Crippen molar-refractivity contribution in [3.63, 3.8) is 0 Å². The van der Waals surface area contributed by atoms with E-state index in [0.29, 0.717) is 11.3 Å². The van der Waals surface area contributed by atoms with Crippen molar-refractivity contribution in [2.24, 2.45) is 0 Å². The molecule has 1 amide bonds. The topological polar surface area (TPSA) is 102 Å². The number of esters is 2. The van der Waals surface area contributed by atoms with Crippen molar-refractivity contribution < 1.29 is 33.7 Å². The lowest BCUT2D eigenvalue weighted by Crippen LogP contribution is -2.63. The number of aliphatic hydroxyl groups excluding tert-OH is 1. The molecule has 1 aliphatic rings. The molecule has 1 aromatic rings. The van der Waals surface area contributed by atoms with E-state index >= 15 is 0 Å². The number of likely N-dealkylation sites (tertiary alicyclic amines) is 1. The van der Waals surface area contributed by atoms with Crippen molar-refractivity contribution in [2.45, 2.75) is 44.9 Å². The number of hydrogen-bond acceptors (Lipinski definition) is 7. The number of benzene rings is 1. The summed E-state index contributed by atoms with van der Waals surface area (Å²) >= 11 is 0. The molecule has 8 heteroatoms. The molecule has 1 saturated heterocycles. The third-order valence-electron chi connectivity index (χ3n) is 4.66. The van der Waals surface area contributed by atoms with Crippen molar-refractivity contribution in [3.8, 4) is 5.75 Å². The number of carbonyl (C=O) groups is 3. The zero-order valence-electron chi connectivity index (χ0n) is 15.9. The molecule has 1 aliphatic heterocycles. The minimum absolute atomic E-state index is 0.000469. The fourth-order valence-corrected chi connectivity index (χ4v) is 3.70. The number of ether oxygens (including phenoxy) is 3. The highest BCUT2D eigenvalue weighted by atomic mass is 16.6. The summed E-state index contributed by atoms with van der Waals surface area (Å²) in [5.41, 5.74) is -1.63. The molecular formula is C19H25NO7. The highest BCUT2D eigenvalue weighted by Gasteiger charge is 2.67. The van der Waals surface area contributed by atoms with Crippen LogP contribution in [-0.2, 0) is 23.9 Å². The van der Waals surface area contributed by atoms with Gasteiger partial charge in [0.25, 0.3) is 0 Å². The normalized spacial score (nSPS) is 20.9. The molecule has 0 bridgehead atoms. The number of aliphatic hydroxyl groups is 1. The molecule has 0 aromatic heterocycles. The van der Waals surface area contributed by atoms with E-state index in [2.05, 4.69) is 0 Å². The van der Waals surface area contributed by atoms with Gasteiger partial charge in [0, 0.05) is 24.8 Å². The summed E-state index contributed by atoms with van der Waals surface area (Å²) in [6.07, 6.45) is -1.40. The van der Waals surface area contributed by atoms with Gasteiger partial charge in [0.15, 0.2) is 0 Å². The van der Waals surface area contributed by atoms with E-state index in [9.17, 15) is 19.5 Å². The minimum atomic E-state index is -2.13. The molecule has 1 aromatic carbocycles. The van der Waals surface area contributed by atoms with E-state index in [0.717, 1.165) is 4.90 Å². The Bertz CT molecular complexity index is 700. The third-order valence-corrected chi connectivity index (χ3v) is 4.66. The van der Waals surface area contributed by atoms with Crippen LogP contribution in [0.2, 0.25) is 0 Å². The van der Waals surface area contributed by atoms with Crippen molar-refractivity contribution in [1.82, 2.24) is 4.90 Å². The summed E-state index contributed by atoms with van der Waals surface area (Å²) in [7, 11) is 1.46. The maximum absolute atomic E-state index is 13.1. The fourth-order valence-electron chi connectivity index (χ4n) is 3.70. The molecular weight excluding hydrogens is 354 g/mol. The quantitative estimate of drug-likeness (QED) is 0.585. The molecule has 0 radical (unpaired) electrons. The average Bonchev–Trinajstić information content (AvgIpc) is 2.96. The second-order valence-corrected chi connectivity index (χ2v) is 6.11. The van der Waals surface area contributed by atoms with Crippen LogP contribution in [0.1, 0.15) is 38.7 Å². The largest absolute Gasteiger partial charge is 0.496 e. The Morgan fingerprint density at radius 3 is 2.19 bits per heavy atom. The van der Waals surface area contributed by atoms with Crippen molar-refractivity contribution in [1.29, 1.82) is 0 Å². The molecule has 2 rings (SSSR count). The SMILES string of the molecule is CCOC(=O)C1(C(=O)OCC)[C@H](c2ccccc2OC)C[C@@H](O)N1C(C)=O.